The van der Waals surface area contributed by atoms with Crippen molar-refractivity contribution in [2.75, 3.05) is 6.54 Å². The SMILES string of the molecule is Cc1[nH]c2ccccc2c1C(=O)CN1Cc2ccccc2CC1C(N)=O. The van der Waals surface area contributed by atoms with Crippen LogP contribution in [0.5, 0.6) is 0 Å². The molecule has 5 heteroatoms. The molecule has 2 aromatic carbocycles. The molecule has 1 unspecified atom stereocenters. The van der Waals surface area contributed by atoms with Gasteiger partial charge < -0.3 is 10.7 Å². The highest BCUT2D eigenvalue weighted by Gasteiger charge is 2.32. The molecule has 0 saturated heterocycles. The predicted octanol–water partition coefficient (Wildman–Crippen LogP) is 2.57. The van der Waals surface area contributed by atoms with E-state index in [1.54, 1.807) is 0 Å². The summed E-state index contributed by atoms with van der Waals surface area (Å²) in [6, 6.07) is 15.3. The number of primary amides is 1. The fourth-order valence-electron chi connectivity index (χ4n) is 3.92. The van der Waals surface area contributed by atoms with Crippen molar-refractivity contribution in [1.29, 1.82) is 0 Å². The van der Waals surface area contributed by atoms with Crippen LogP contribution in [-0.2, 0) is 17.8 Å². The van der Waals surface area contributed by atoms with Crippen molar-refractivity contribution in [2.24, 2.45) is 5.73 Å². The summed E-state index contributed by atoms with van der Waals surface area (Å²) in [5.41, 5.74) is 10.4. The summed E-state index contributed by atoms with van der Waals surface area (Å²) in [6.45, 7) is 2.63. The Hall–Kier alpha value is -2.92. The molecule has 132 valence electrons. The summed E-state index contributed by atoms with van der Waals surface area (Å²) in [4.78, 5) is 30.2. The third kappa shape index (κ3) is 2.80. The van der Waals surface area contributed by atoms with Crippen LogP contribution in [0.25, 0.3) is 10.9 Å². The molecule has 2 heterocycles. The minimum Gasteiger partial charge on any atom is -0.368 e. The number of Topliss-reactive ketones (excluding diaryl/α,β-unsaturated/α-hetero) is 1. The van der Waals surface area contributed by atoms with Gasteiger partial charge in [0.2, 0.25) is 5.91 Å². The van der Waals surface area contributed by atoms with E-state index in [0.29, 0.717) is 18.5 Å². The largest absolute Gasteiger partial charge is 0.368 e. The lowest BCUT2D eigenvalue weighted by Gasteiger charge is -2.34. The van der Waals surface area contributed by atoms with Crippen molar-refractivity contribution in [3.05, 3.63) is 70.9 Å². The summed E-state index contributed by atoms with van der Waals surface area (Å²) in [5.74, 6) is -0.381. The molecule has 1 aromatic heterocycles. The summed E-state index contributed by atoms with van der Waals surface area (Å²) in [7, 11) is 0. The van der Waals surface area contributed by atoms with E-state index in [-0.39, 0.29) is 18.2 Å². The molecule has 1 atom stereocenters. The topological polar surface area (TPSA) is 79.2 Å². The second-order valence-electron chi connectivity index (χ2n) is 6.89. The van der Waals surface area contributed by atoms with Gasteiger partial charge in [0.15, 0.2) is 5.78 Å². The first-order valence-electron chi connectivity index (χ1n) is 8.75. The lowest BCUT2D eigenvalue weighted by Crippen LogP contribution is -2.50. The van der Waals surface area contributed by atoms with Crippen LogP contribution in [-0.4, -0.2) is 34.2 Å². The zero-order valence-electron chi connectivity index (χ0n) is 14.7. The second-order valence-corrected chi connectivity index (χ2v) is 6.89. The number of amides is 1. The maximum absolute atomic E-state index is 13.1. The number of aromatic amines is 1. The first kappa shape index (κ1) is 16.5. The zero-order chi connectivity index (χ0) is 18.3. The Labute approximate surface area is 151 Å². The number of ketones is 1. The number of aryl methyl sites for hydroxylation is 1. The van der Waals surface area contributed by atoms with Crippen molar-refractivity contribution in [1.82, 2.24) is 9.88 Å². The van der Waals surface area contributed by atoms with Gasteiger partial charge in [-0.15, -0.1) is 0 Å². The Balaban J connectivity index is 1.65. The Morgan fingerprint density at radius 2 is 1.81 bits per heavy atom. The molecular weight excluding hydrogens is 326 g/mol. The predicted molar refractivity (Wildman–Crippen MR) is 101 cm³/mol. The van der Waals surface area contributed by atoms with Gasteiger partial charge in [0.1, 0.15) is 0 Å². The standard InChI is InChI=1S/C21H21N3O2/c1-13-20(16-8-4-5-9-17(16)23-13)19(25)12-24-11-15-7-3-2-6-14(15)10-18(24)21(22)26/h2-9,18,23H,10-12H2,1H3,(H2,22,26). The fraction of sp³-hybridized carbons (Fsp3) is 0.238. The maximum atomic E-state index is 13.1. The highest BCUT2D eigenvalue weighted by atomic mass is 16.1. The Kier molecular flexibility index (Phi) is 4.09. The van der Waals surface area contributed by atoms with Crippen LogP contribution in [0.4, 0.5) is 0 Å². The average molecular weight is 347 g/mol. The molecule has 3 aromatic rings. The number of benzene rings is 2. The van der Waals surface area contributed by atoms with Gasteiger partial charge in [-0.3, -0.25) is 14.5 Å². The number of carbonyl (C=O) groups is 2. The van der Waals surface area contributed by atoms with Gasteiger partial charge >= 0.3 is 0 Å². The molecule has 0 aliphatic carbocycles. The highest BCUT2D eigenvalue weighted by molar-refractivity contribution is 6.10. The minimum absolute atomic E-state index is 0.00517. The number of H-pyrrole nitrogens is 1. The van der Waals surface area contributed by atoms with E-state index < -0.39 is 6.04 Å². The Bertz CT molecular complexity index is 1010. The van der Waals surface area contributed by atoms with Gasteiger partial charge in [-0.1, -0.05) is 42.5 Å². The van der Waals surface area contributed by atoms with Crippen molar-refractivity contribution in [3.63, 3.8) is 0 Å². The van der Waals surface area contributed by atoms with E-state index in [9.17, 15) is 9.59 Å². The van der Waals surface area contributed by atoms with E-state index in [1.165, 1.54) is 0 Å². The second kappa shape index (κ2) is 6.42. The van der Waals surface area contributed by atoms with E-state index in [1.807, 2.05) is 60.4 Å². The van der Waals surface area contributed by atoms with Crippen LogP contribution in [0.15, 0.2) is 48.5 Å². The number of nitrogens with two attached hydrogens (primary N) is 1. The number of carbonyl (C=O) groups excluding carboxylic acids is 2. The molecule has 1 aliphatic rings. The molecular formula is C21H21N3O2. The summed E-state index contributed by atoms with van der Waals surface area (Å²) in [5, 5.41) is 0.919. The van der Waals surface area contributed by atoms with E-state index in [2.05, 4.69) is 4.98 Å². The molecule has 1 amide bonds. The molecule has 0 bridgehead atoms. The lowest BCUT2D eigenvalue weighted by molar-refractivity contribution is -0.123. The number of aromatic nitrogens is 1. The molecule has 0 spiro atoms. The average Bonchev–Trinajstić information content (AvgIpc) is 2.96. The first-order valence-corrected chi connectivity index (χ1v) is 8.75. The van der Waals surface area contributed by atoms with E-state index >= 15 is 0 Å². The number of para-hydroxylation sites is 1. The number of hydrogen-bond donors (Lipinski definition) is 2. The van der Waals surface area contributed by atoms with E-state index in [0.717, 1.165) is 27.7 Å². The Morgan fingerprint density at radius 1 is 1.12 bits per heavy atom. The molecule has 1 aliphatic heterocycles. The quantitative estimate of drug-likeness (QED) is 0.712. The summed E-state index contributed by atoms with van der Waals surface area (Å²) in [6.07, 6.45) is 0.547. The summed E-state index contributed by atoms with van der Waals surface area (Å²) >= 11 is 0. The Morgan fingerprint density at radius 3 is 2.58 bits per heavy atom. The monoisotopic (exact) mass is 347 g/mol. The number of hydrogen-bond acceptors (Lipinski definition) is 3. The minimum atomic E-state index is -0.459. The molecule has 26 heavy (non-hydrogen) atoms. The van der Waals surface area contributed by atoms with Gasteiger partial charge in [-0.25, -0.2) is 0 Å². The van der Waals surface area contributed by atoms with E-state index in [4.69, 9.17) is 5.73 Å². The fourth-order valence-corrected chi connectivity index (χ4v) is 3.92. The smallest absolute Gasteiger partial charge is 0.235 e. The van der Waals surface area contributed by atoms with Gasteiger partial charge in [-0.2, -0.15) is 0 Å². The van der Waals surface area contributed by atoms with Gasteiger partial charge in [0, 0.05) is 28.7 Å². The zero-order valence-corrected chi connectivity index (χ0v) is 14.7. The molecule has 4 rings (SSSR count). The third-order valence-electron chi connectivity index (χ3n) is 5.19. The van der Waals surface area contributed by atoms with Crippen LogP contribution < -0.4 is 5.73 Å². The van der Waals surface area contributed by atoms with Crippen molar-refractivity contribution >= 4 is 22.6 Å². The molecule has 3 N–H and O–H groups in total. The molecule has 0 saturated carbocycles. The van der Waals surface area contributed by atoms with Crippen LogP contribution in [0.3, 0.4) is 0 Å². The normalized spacial score (nSPS) is 17.2. The van der Waals surface area contributed by atoms with Crippen LogP contribution >= 0.6 is 0 Å². The van der Waals surface area contributed by atoms with Crippen molar-refractivity contribution in [2.45, 2.75) is 25.9 Å². The van der Waals surface area contributed by atoms with Crippen LogP contribution in [0.2, 0.25) is 0 Å². The third-order valence-corrected chi connectivity index (χ3v) is 5.19. The summed E-state index contributed by atoms with van der Waals surface area (Å²) < 4.78 is 0. The molecule has 0 fully saturated rings. The number of nitrogens with one attached hydrogen (secondary N) is 1. The van der Waals surface area contributed by atoms with Crippen molar-refractivity contribution < 1.29 is 9.59 Å². The van der Waals surface area contributed by atoms with Crippen LogP contribution in [0.1, 0.15) is 27.2 Å². The number of fused-ring (bicyclic) bond motifs is 2. The molecule has 5 nitrogen and oxygen atoms in total. The highest BCUT2D eigenvalue weighted by Crippen LogP contribution is 2.26. The van der Waals surface area contributed by atoms with Crippen LogP contribution in [0, 0.1) is 6.92 Å². The first-order chi connectivity index (χ1) is 12.5. The van der Waals surface area contributed by atoms with Crippen molar-refractivity contribution in [3.8, 4) is 0 Å². The number of rotatable bonds is 4. The van der Waals surface area contributed by atoms with Gasteiger partial charge in [0.25, 0.3) is 0 Å². The lowest BCUT2D eigenvalue weighted by atomic mass is 9.93. The van der Waals surface area contributed by atoms with Gasteiger partial charge in [-0.05, 0) is 30.5 Å². The maximum Gasteiger partial charge on any atom is 0.235 e. The number of nitrogens with zero attached hydrogens (tertiary/aromatic N) is 1. The molecule has 0 radical (unpaired) electrons. The van der Waals surface area contributed by atoms with Gasteiger partial charge in [0.05, 0.1) is 12.6 Å².